The molecule has 13 heavy (non-hydrogen) atoms. The highest BCUT2D eigenvalue weighted by atomic mass is 16.6. The minimum atomic E-state index is -0.535. The number of nitro benzene ring substituents is 1. The van der Waals surface area contributed by atoms with E-state index in [1.54, 1.807) is 7.05 Å². The highest BCUT2D eigenvalue weighted by molar-refractivity contribution is 5.85. The number of carbonyl (C=O) groups excluding carboxylic acids is 1. The fourth-order valence-corrected chi connectivity index (χ4v) is 0.989. The van der Waals surface area contributed by atoms with Gasteiger partial charge in [-0.25, -0.2) is 0 Å². The average Bonchev–Trinajstić information content (AvgIpc) is 2.16. The molecule has 1 N–H and O–H groups in total. The summed E-state index contributed by atoms with van der Waals surface area (Å²) in [4.78, 5) is 20.3. The molecule has 0 fully saturated rings. The first-order valence-electron chi connectivity index (χ1n) is 3.60. The van der Waals surface area contributed by atoms with Crippen LogP contribution in [0.5, 0.6) is 0 Å². The maximum atomic E-state index is 10.5. The molecule has 0 bridgehead atoms. The van der Waals surface area contributed by atoms with Crippen molar-refractivity contribution in [2.45, 2.75) is 0 Å². The van der Waals surface area contributed by atoms with Gasteiger partial charge in [0.2, 0.25) is 0 Å². The molecule has 0 heterocycles. The summed E-state index contributed by atoms with van der Waals surface area (Å²) in [7, 11) is 1.65. The maximum absolute atomic E-state index is 10.5. The van der Waals surface area contributed by atoms with Crippen molar-refractivity contribution >= 4 is 17.7 Å². The number of hydrogen-bond donors (Lipinski definition) is 1. The molecule has 0 saturated heterocycles. The average molecular weight is 180 g/mol. The highest BCUT2D eigenvalue weighted by Crippen LogP contribution is 2.19. The molecule has 68 valence electrons. The van der Waals surface area contributed by atoms with Crippen LogP contribution in [0.4, 0.5) is 11.4 Å². The Bertz CT molecular complexity index is 349. The lowest BCUT2D eigenvalue weighted by Gasteiger charge is -2.01. The fraction of sp³-hybridized carbons (Fsp3) is 0.125. The zero-order valence-corrected chi connectivity index (χ0v) is 6.98. The van der Waals surface area contributed by atoms with E-state index < -0.39 is 4.92 Å². The molecule has 0 saturated carbocycles. The standard InChI is InChI=1S/C8H8N2O3/c1-9-8-3-2-7(10(12)13)4-6(8)5-11/h2-5,9H,1H3. The molecule has 0 radical (unpaired) electrons. The van der Waals surface area contributed by atoms with Crippen molar-refractivity contribution in [3.63, 3.8) is 0 Å². The molecule has 0 aliphatic carbocycles. The summed E-state index contributed by atoms with van der Waals surface area (Å²) in [5, 5.41) is 13.1. The number of benzene rings is 1. The molecule has 1 aromatic carbocycles. The van der Waals surface area contributed by atoms with E-state index in [1.165, 1.54) is 18.2 Å². The van der Waals surface area contributed by atoms with Gasteiger partial charge in [0, 0.05) is 30.4 Å². The molecule has 1 rings (SSSR count). The lowest BCUT2D eigenvalue weighted by Crippen LogP contribution is -1.96. The van der Waals surface area contributed by atoms with Gasteiger partial charge in [-0.2, -0.15) is 0 Å². The van der Waals surface area contributed by atoms with Crippen LogP contribution in [0.2, 0.25) is 0 Å². The number of anilines is 1. The van der Waals surface area contributed by atoms with Crippen LogP contribution in [0.3, 0.4) is 0 Å². The third-order valence-corrected chi connectivity index (χ3v) is 1.64. The minimum absolute atomic E-state index is 0.0823. The Kier molecular flexibility index (Phi) is 2.59. The largest absolute Gasteiger partial charge is 0.388 e. The number of non-ortho nitro benzene ring substituents is 1. The van der Waals surface area contributed by atoms with Crippen LogP contribution in [-0.2, 0) is 0 Å². The second kappa shape index (κ2) is 3.66. The summed E-state index contributed by atoms with van der Waals surface area (Å²) in [6.45, 7) is 0. The van der Waals surface area contributed by atoms with Gasteiger partial charge in [0.1, 0.15) is 0 Å². The minimum Gasteiger partial charge on any atom is -0.388 e. The van der Waals surface area contributed by atoms with Crippen LogP contribution in [0.25, 0.3) is 0 Å². The van der Waals surface area contributed by atoms with Crippen LogP contribution in [0, 0.1) is 10.1 Å². The van der Waals surface area contributed by atoms with Crippen molar-refractivity contribution in [2.24, 2.45) is 0 Å². The van der Waals surface area contributed by atoms with E-state index in [1.807, 2.05) is 0 Å². The summed E-state index contributed by atoms with van der Waals surface area (Å²) in [5.74, 6) is 0. The van der Waals surface area contributed by atoms with Crippen molar-refractivity contribution < 1.29 is 9.72 Å². The second-order valence-electron chi connectivity index (χ2n) is 2.40. The van der Waals surface area contributed by atoms with Gasteiger partial charge >= 0.3 is 0 Å². The van der Waals surface area contributed by atoms with Crippen molar-refractivity contribution in [1.82, 2.24) is 0 Å². The van der Waals surface area contributed by atoms with Crippen LogP contribution in [-0.4, -0.2) is 18.3 Å². The first-order chi connectivity index (χ1) is 6.19. The zero-order valence-electron chi connectivity index (χ0n) is 6.98. The van der Waals surface area contributed by atoms with Crippen molar-refractivity contribution in [1.29, 1.82) is 0 Å². The van der Waals surface area contributed by atoms with E-state index in [4.69, 9.17) is 0 Å². The number of nitrogens with zero attached hydrogens (tertiary/aromatic N) is 1. The van der Waals surface area contributed by atoms with Crippen molar-refractivity contribution in [3.05, 3.63) is 33.9 Å². The molecule has 0 aromatic heterocycles. The van der Waals surface area contributed by atoms with Gasteiger partial charge in [-0.05, 0) is 6.07 Å². The number of nitro groups is 1. The SMILES string of the molecule is CNc1ccc([N+](=O)[O-])cc1C=O. The van der Waals surface area contributed by atoms with Gasteiger partial charge in [-0.15, -0.1) is 0 Å². The molecule has 5 nitrogen and oxygen atoms in total. The summed E-state index contributed by atoms with van der Waals surface area (Å²) in [6, 6.07) is 4.08. The first kappa shape index (κ1) is 9.18. The number of nitrogens with one attached hydrogen (secondary N) is 1. The normalized spacial score (nSPS) is 9.31. The van der Waals surface area contributed by atoms with Gasteiger partial charge in [0.05, 0.1) is 4.92 Å². The van der Waals surface area contributed by atoms with Crippen molar-refractivity contribution in [2.75, 3.05) is 12.4 Å². The smallest absolute Gasteiger partial charge is 0.270 e. The van der Waals surface area contributed by atoms with Crippen LogP contribution in [0.1, 0.15) is 10.4 Å². The van der Waals surface area contributed by atoms with Gasteiger partial charge in [-0.3, -0.25) is 14.9 Å². The molecular weight excluding hydrogens is 172 g/mol. The maximum Gasteiger partial charge on any atom is 0.270 e. The predicted molar refractivity (Wildman–Crippen MR) is 48.0 cm³/mol. The van der Waals surface area contributed by atoms with Crippen LogP contribution in [0.15, 0.2) is 18.2 Å². The summed E-state index contributed by atoms with van der Waals surface area (Å²) in [6.07, 6.45) is 0.582. The van der Waals surface area contributed by atoms with Gasteiger partial charge in [0.25, 0.3) is 5.69 Å². The molecule has 0 amide bonds. The molecular formula is C8H8N2O3. The highest BCUT2D eigenvalue weighted by Gasteiger charge is 2.08. The number of aldehydes is 1. The Balaban J connectivity index is 3.20. The number of rotatable bonds is 3. The quantitative estimate of drug-likeness (QED) is 0.434. The van der Waals surface area contributed by atoms with Gasteiger partial charge < -0.3 is 5.32 Å². The molecule has 0 aliphatic rings. The van der Waals surface area contributed by atoms with E-state index in [9.17, 15) is 14.9 Å². The molecule has 0 atom stereocenters. The lowest BCUT2D eigenvalue weighted by molar-refractivity contribution is -0.384. The Hall–Kier alpha value is -1.91. The topological polar surface area (TPSA) is 72.2 Å². The Morgan fingerprint density at radius 3 is 2.69 bits per heavy atom. The van der Waals surface area contributed by atoms with Gasteiger partial charge in [-0.1, -0.05) is 0 Å². The summed E-state index contributed by atoms with van der Waals surface area (Å²) >= 11 is 0. The van der Waals surface area contributed by atoms with E-state index in [2.05, 4.69) is 5.32 Å². The second-order valence-corrected chi connectivity index (χ2v) is 2.40. The molecule has 1 aromatic rings. The predicted octanol–water partition coefficient (Wildman–Crippen LogP) is 1.45. The van der Waals surface area contributed by atoms with Crippen molar-refractivity contribution in [3.8, 4) is 0 Å². The number of hydrogen-bond acceptors (Lipinski definition) is 4. The van der Waals surface area contributed by atoms with E-state index >= 15 is 0 Å². The summed E-state index contributed by atoms with van der Waals surface area (Å²) < 4.78 is 0. The molecule has 0 spiro atoms. The fourth-order valence-electron chi connectivity index (χ4n) is 0.989. The third kappa shape index (κ3) is 1.81. The molecule has 0 unspecified atom stereocenters. The van der Waals surface area contributed by atoms with Crippen LogP contribution >= 0.6 is 0 Å². The Labute approximate surface area is 74.5 Å². The zero-order chi connectivity index (χ0) is 9.84. The van der Waals surface area contributed by atoms with E-state index in [0.717, 1.165) is 0 Å². The molecule has 0 aliphatic heterocycles. The van der Waals surface area contributed by atoms with Gasteiger partial charge in [0.15, 0.2) is 6.29 Å². The first-order valence-corrected chi connectivity index (χ1v) is 3.60. The van der Waals surface area contributed by atoms with E-state index in [0.29, 0.717) is 12.0 Å². The third-order valence-electron chi connectivity index (χ3n) is 1.64. The Morgan fingerprint density at radius 1 is 1.54 bits per heavy atom. The van der Waals surface area contributed by atoms with Crippen LogP contribution < -0.4 is 5.32 Å². The number of carbonyl (C=O) groups is 1. The lowest BCUT2D eigenvalue weighted by atomic mass is 10.2. The molecule has 5 heteroatoms. The monoisotopic (exact) mass is 180 g/mol. The Morgan fingerprint density at radius 2 is 2.23 bits per heavy atom. The summed E-state index contributed by atoms with van der Waals surface area (Å²) in [5.41, 5.74) is 0.790. The van der Waals surface area contributed by atoms with E-state index in [-0.39, 0.29) is 11.3 Å².